The van der Waals surface area contributed by atoms with E-state index in [9.17, 15) is 0 Å². The highest BCUT2D eigenvalue weighted by Gasteiger charge is 2.15. The van der Waals surface area contributed by atoms with Gasteiger partial charge in [-0.3, -0.25) is 0 Å². The van der Waals surface area contributed by atoms with E-state index in [1.54, 1.807) is 18.3 Å². The molecule has 0 atom stereocenters. The maximum Gasteiger partial charge on any atom is 0.143 e. The molecule has 3 nitrogen and oxygen atoms in total. The monoisotopic (exact) mass is 201 g/mol. The minimum Gasteiger partial charge on any atom is -0.369 e. The number of rotatable bonds is 3. The lowest BCUT2D eigenvalue weighted by Crippen LogP contribution is -2.12. The Hall–Kier alpha value is -1.56. The fourth-order valence-electron chi connectivity index (χ4n) is 2.09. The summed E-state index contributed by atoms with van der Waals surface area (Å²) < 4.78 is 0. The zero-order valence-electron chi connectivity index (χ0n) is 8.74. The van der Waals surface area contributed by atoms with Crippen molar-refractivity contribution in [2.45, 2.75) is 25.7 Å². The Morgan fingerprint density at radius 1 is 1.47 bits per heavy atom. The summed E-state index contributed by atoms with van der Waals surface area (Å²) in [5.41, 5.74) is 0.635. The number of nitrogens with one attached hydrogen (secondary N) is 1. The van der Waals surface area contributed by atoms with Gasteiger partial charge in [0.25, 0.3) is 0 Å². The summed E-state index contributed by atoms with van der Waals surface area (Å²) >= 11 is 0. The molecule has 1 aromatic rings. The van der Waals surface area contributed by atoms with Gasteiger partial charge in [-0.25, -0.2) is 4.98 Å². The summed E-state index contributed by atoms with van der Waals surface area (Å²) in [4.78, 5) is 4.18. The molecule has 78 valence electrons. The molecule has 1 aromatic heterocycles. The van der Waals surface area contributed by atoms with Gasteiger partial charge in [0.1, 0.15) is 11.9 Å². The highest BCUT2D eigenvalue weighted by atomic mass is 15.0. The molecule has 0 aliphatic heterocycles. The Morgan fingerprint density at radius 2 is 2.27 bits per heavy atom. The van der Waals surface area contributed by atoms with E-state index in [1.807, 2.05) is 0 Å². The van der Waals surface area contributed by atoms with Gasteiger partial charge in [0.2, 0.25) is 0 Å². The predicted octanol–water partition coefficient (Wildman–Crippen LogP) is 2.56. The van der Waals surface area contributed by atoms with Crippen LogP contribution >= 0.6 is 0 Å². The first-order valence-electron chi connectivity index (χ1n) is 5.49. The Morgan fingerprint density at radius 3 is 3.00 bits per heavy atom. The molecule has 0 spiro atoms. The van der Waals surface area contributed by atoms with Crippen molar-refractivity contribution in [1.29, 1.82) is 5.26 Å². The molecule has 1 aliphatic rings. The van der Waals surface area contributed by atoms with E-state index < -0.39 is 0 Å². The van der Waals surface area contributed by atoms with E-state index in [0.29, 0.717) is 5.56 Å². The summed E-state index contributed by atoms with van der Waals surface area (Å²) in [5, 5.41) is 12.2. The van der Waals surface area contributed by atoms with Crippen molar-refractivity contribution in [2.75, 3.05) is 11.9 Å². The fraction of sp³-hybridized carbons (Fsp3) is 0.500. The number of pyridine rings is 1. The van der Waals surface area contributed by atoms with Crippen molar-refractivity contribution < 1.29 is 0 Å². The van der Waals surface area contributed by atoms with E-state index in [1.165, 1.54) is 25.7 Å². The number of anilines is 1. The quantitative estimate of drug-likeness (QED) is 0.817. The van der Waals surface area contributed by atoms with Crippen LogP contribution in [0.1, 0.15) is 31.2 Å². The predicted molar refractivity (Wildman–Crippen MR) is 59.4 cm³/mol. The highest BCUT2D eigenvalue weighted by Crippen LogP contribution is 2.25. The zero-order chi connectivity index (χ0) is 10.5. The second kappa shape index (κ2) is 4.79. The van der Waals surface area contributed by atoms with Crippen molar-refractivity contribution in [3.63, 3.8) is 0 Å². The molecule has 15 heavy (non-hydrogen) atoms. The molecule has 1 N–H and O–H groups in total. The van der Waals surface area contributed by atoms with Crippen molar-refractivity contribution in [2.24, 2.45) is 5.92 Å². The van der Waals surface area contributed by atoms with E-state index in [0.717, 1.165) is 18.3 Å². The lowest BCUT2D eigenvalue weighted by Gasteiger charge is -2.11. The van der Waals surface area contributed by atoms with E-state index in [2.05, 4.69) is 16.4 Å². The number of hydrogen-bond donors (Lipinski definition) is 1. The maximum atomic E-state index is 8.88. The standard InChI is InChI=1S/C12H15N3/c13-8-11-6-3-7-14-12(11)15-9-10-4-1-2-5-10/h3,6-7,10H,1-2,4-5,9H2,(H,14,15). The molecule has 1 heterocycles. The second-order valence-corrected chi connectivity index (χ2v) is 4.04. The minimum atomic E-state index is 0.635. The highest BCUT2D eigenvalue weighted by molar-refractivity contribution is 5.51. The molecule has 1 fully saturated rings. The van der Waals surface area contributed by atoms with Crippen LogP contribution in [-0.4, -0.2) is 11.5 Å². The third-order valence-corrected chi connectivity index (χ3v) is 2.96. The van der Waals surface area contributed by atoms with E-state index >= 15 is 0 Å². The lowest BCUT2D eigenvalue weighted by molar-refractivity contribution is 0.579. The molecular weight excluding hydrogens is 186 g/mol. The van der Waals surface area contributed by atoms with Gasteiger partial charge in [0.05, 0.1) is 5.56 Å². The summed E-state index contributed by atoms with van der Waals surface area (Å²) in [6.07, 6.45) is 7.03. The van der Waals surface area contributed by atoms with Crippen LogP contribution in [0.25, 0.3) is 0 Å². The molecule has 0 saturated heterocycles. The summed E-state index contributed by atoms with van der Waals surface area (Å²) in [6.45, 7) is 0.950. The average molecular weight is 201 g/mol. The molecule has 3 heteroatoms. The van der Waals surface area contributed by atoms with Gasteiger partial charge >= 0.3 is 0 Å². The third-order valence-electron chi connectivity index (χ3n) is 2.96. The van der Waals surface area contributed by atoms with Crippen LogP contribution in [0.3, 0.4) is 0 Å². The van der Waals surface area contributed by atoms with Crippen molar-refractivity contribution in [3.8, 4) is 6.07 Å². The Kier molecular flexibility index (Phi) is 3.18. The van der Waals surface area contributed by atoms with E-state index in [4.69, 9.17) is 5.26 Å². The van der Waals surface area contributed by atoms with Gasteiger partial charge in [0, 0.05) is 12.7 Å². The number of hydrogen-bond acceptors (Lipinski definition) is 3. The van der Waals surface area contributed by atoms with Gasteiger partial charge in [0.15, 0.2) is 0 Å². The minimum absolute atomic E-state index is 0.635. The molecular formula is C12H15N3. The molecule has 0 unspecified atom stereocenters. The third kappa shape index (κ3) is 2.47. The molecule has 0 bridgehead atoms. The van der Waals surface area contributed by atoms with Gasteiger partial charge < -0.3 is 5.32 Å². The topological polar surface area (TPSA) is 48.7 Å². The number of nitriles is 1. The smallest absolute Gasteiger partial charge is 0.143 e. The van der Waals surface area contributed by atoms with Crippen molar-refractivity contribution in [1.82, 2.24) is 4.98 Å². The largest absolute Gasteiger partial charge is 0.369 e. The van der Waals surface area contributed by atoms with Gasteiger partial charge in [-0.05, 0) is 30.9 Å². The van der Waals surface area contributed by atoms with Crippen LogP contribution in [0, 0.1) is 17.2 Å². The molecule has 2 rings (SSSR count). The normalized spacial score (nSPS) is 16.2. The van der Waals surface area contributed by atoms with Crippen LogP contribution in [0.5, 0.6) is 0 Å². The average Bonchev–Trinajstić information content (AvgIpc) is 2.79. The fourth-order valence-corrected chi connectivity index (χ4v) is 2.09. The maximum absolute atomic E-state index is 8.88. The molecule has 1 aliphatic carbocycles. The summed E-state index contributed by atoms with van der Waals surface area (Å²) in [7, 11) is 0. The molecule has 0 amide bonds. The van der Waals surface area contributed by atoms with Gasteiger partial charge in [-0.15, -0.1) is 0 Å². The van der Waals surface area contributed by atoms with Crippen molar-refractivity contribution in [3.05, 3.63) is 23.9 Å². The van der Waals surface area contributed by atoms with Crippen LogP contribution in [0.4, 0.5) is 5.82 Å². The van der Waals surface area contributed by atoms with E-state index in [-0.39, 0.29) is 0 Å². The van der Waals surface area contributed by atoms with Crippen molar-refractivity contribution >= 4 is 5.82 Å². The Labute approximate surface area is 90.1 Å². The van der Waals surface area contributed by atoms with Gasteiger partial charge in [-0.2, -0.15) is 5.26 Å². The molecule has 0 radical (unpaired) electrons. The van der Waals surface area contributed by atoms with Crippen LogP contribution < -0.4 is 5.32 Å². The lowest BCUT2D eigenvalue weighted by atomic mass is 10.1. The Balaban J connectivity index is 1.95. The first-order valence-corrected chi connectivity index (χ1v) is 5.49. The Bertz CT molecular complexity index is 361. The van der Waals surface area contributed by atoms with Crippen LogP contribution in [0.2, 0.25) is 0 Å². The first-order chi connectivity index (χ1) is 7.40. The van der Waals surface area contributed by atoms with Crippen LogP contribution in [0.15, 0.2) is 18.3 Å². The SMILES string of the molecule is N#Cc1cccnc1NCC1CCCC1. The zero-order valence-corrected chi connectivity index (χ0v) is 8.74. The molecule has 1 saturated carbocycles. The summed E-state index contributed by atoms with van der Waals surface area (Å²) in [5.74, 6) is 1.49. The first kappa shape index (κ1) is 9.97. The van der Waals surface area contributed by atoms with Gasteiger partial charge in [-0.1, -0.05) is 12.8 Å². The summed E-state index contributed by atoms with van der Waals surface area (Å²) in [6, 6.07) is 5.73. The van der Waals surface area contributed by atoms with Crippen LogP contribution in [-0.2, 0) is 0 Å². The molecule has 0 aromatic carbocycles. The number of nitrogens with zero attached hydrogens (tertiary/aromatic N) is 2. The number of aromatic nitrogens is 1. The second-order valence-electron chi connectivity index (χ2n) is 4.04.